The fourth-order valence-electron chi connectivity index (χ4n) is 1.43. The molecule has 0 spiro atoms. The van der Waals surface area contributed by atoms with E-state index in [2.05, 4.69) is 15.1 Å². The Morgan fingerprint density at radius 1 is 0.905 bits per heavy atom. The second kappa shape index (κ2) is 8.47. The van der Waals surface area contributed by atoms with Crippen molar-refractivity contribution in [1.82, 2.24) is 0 Å². The SMILES string of the molecule is CC(=O)O.CN(C)c1ccc(N=Nc2ccccc2)cc1. The predicted octanol–water partition coefficient (Wildman–Crippen LogP) is 4.26. The molecule has 0 aliphatic rings. The van der Waals surface area contributed by atoms with Crippen LogP contribution < -0.4 is 4.90 Å². The Labute approximate surface area is 124 Å². The van der Waals surface area contributed by atoms with Crippen LogP contribution in [0.4, 0.5) is 17.1 Å². The highest BCUT2D eigenvalue weighted by molar-refractivity contribution is 5.63. The first kappa shape index (κ1) is 16.4. The van der Waals surface area contributed by atoms with Crippen molar-refractivity contribution in [2.75, 3.05) is 19.0 Å². The maximum absolute atomic E-state index is 9.00. The van der Waals surface area contributed by atoms with Gasteiger partial charge in [0.05, 0.1) is 11.4 Å². The minimum Gasteiger partial charge on any atom is -0.481 e. The van der Waals surface area contributed by atoms with Crippen molar-refractivity contribution in [3.63, 3.8) is 0 Å². The number of carboxylic acid groups (broad SMARTS) is 1. The molecule has 0 aromatic heterocycles. The summed E-state index contributed by atoms with van der Waals surface area (Å²) in [6.07, 6.45) is 0. The molecule has 2 rings (SSSR count). The average molecular weight is 285 g/mol. The Hall–Kier alpha value is -2.69. The summed E-state index contributed by atoms with van der Waals surface area (Å²) < 4.78 is 0. The van der Waals surface area contributed by atoms with Crippen molar-refractivity contribution in [2.45, 2.75) is 6.92 Å². The van der Waals surface area contributed by atoms with Crippen LogP contribution in [0, 0.1) is 0 Å². The molecule has 0 radical (unpaired) electrons. The highest BCUT2D eigenvalue weighted by Gasteiger charge is 1.94. The quantitative estimate of drug-likeness (QED) is 0.857. The van der Waals surface area contributed by atoms with Crippen molar-refractivity contribution in [1.29, 1.82) is 0 Å². The molecular formula is C16H19N3O2. The zero-order valence-electron chi connectivity index (χ0n) is 12.4. The van der Waals surface area contributed by atoms with E-state index in [1.54, 1.807) is 0 Å². The predicted molar refractivity (Wildman–Crippen MR) is 84.7 cm³/mol. The lowest BCUT2D eigenvalue weighted by molar-refractivity contribution is -0.134. The van der Waals surface area contributed by atoms with E-state index >= 15 is 0 Å². The summed E-state index contributed by atoms with van der Waals surface area (Å²) in [4.78, 5) is 11.1. The van der Waals surface area contributed by atoms with Gasteiger partial charge in [0.1, 0.15) is 0 Å². The second-order valence-electron chi connectivity index (χ2n) is 4.47. The van der Waals surface area contributed by atoms with Crippen LogP contribution in [0.15, 0.2) is 64.8 Å². The van der Waals surface area contributed by atoms with Crippen LogP contribution in [0.1, 0.15) is 6.92 Å². The molecule has 0 unspecified atom stereocenters. The highest BCUT2D eigenvalue weighted by atomic mass is 16.4. The molecule has 0 atom stereocenters. The molecule has 2 aromatic carbocycles. The largest absolute Gasteiger partial charge is 0.481 e. The minimum absolute atomic E-state index is 0.833. The summed E-state index contributed by atoms with van der Waals surface area (Å²) in [6, 6.07) is 17.7. The van der Waals surface area contributed by atoms with Crippen LogP contribution in [-0.2, 0) is 4.79 Å². The van der Waals surface area contributed by atoms with E-state index in [1.165, 1.54) is 0 Å². The van der Waals surface area contributed by atoms with E-state index in [9.17, 15) is 0 Å². The molecule has 0 amide bonds. The maximum atomic E-state index is 9.00. The van der Waals surface area contributed by atoms with Crippen molar-refractivity contribution in [3.05, 3.63) is 54.6 Å². The monoisotopic (exact) mass is 285 g/mol. The summed E-state index contributed by atoms with van der Waals surface area (Å²) >= 11 is 0. The Morgan fingerprint density at radius 2 is 1.33 bits per heavy atom. The van der Waals surface area contributed by atoms with E-state index in [4.69, 9.17) is 9.90 Å². The van der Waals surface area contributed by atoms with Crippen molar-refractivity contribution in [3.8, 4) is 0 Å². The van der Waals surface area contributed by atoms with Gasteiger partial charge in [0.2, 0.25) is 0 Å². The smallest absolute Gasteiger partial charge is 0.300 e. The third-order valence-corrected chi connectivity index (χ3v) is 2.40. The second-order valence-corrected chi connectivity index (χ2v) is 4.47. The molecule has 0 aliphatic carbocycles. The molecule has 0 saturated carbocycles. The maximum Gasteiger partial charge on any atom is 0.300 e. The summed E-state index contributed by atoms with van der Waals surface area (Å²) in [5.74, 6) is -0.833. The number of nitrogens with zero attached hydrogens (tertiary/aromatic N) is 3. The number of anilines is 1. The van der Waals surface area contributed by atoms with Gasteiger partial charge in [-0.15, -0.1) is 0 Å². The van der Waals surface area contributed by atoms with Crippen LogP contribution >= 0.6 is 0 Å². The topological polar surface area (TPSA) is 65.3 Å². The molecule has 0 bridgehead atoms. The molecule has 2 aromatic rings. The number of hydrogen-bond acceptors (Lipinski definition) is 4. The van der Waals surface area contributed by atoms with E-state index in [0.717, 1.165) is 24.0 Å². The van der Waals surface area contributed by atoms with Crippen LogP contribution in [0.5, 0.6) is 0 Å². The highest BCUT2D eigenvalue weighted by Crippen LogP contribution is 2.20. The number of aliphatic carboxylic acids is 1. The van der Waals surface area contributed by atoms with Crippen LogP contribution in [-0.4, -0.2) is 25.2 Å². The molecule has 21 heavy (non-hydrogen) atoms. The van der Waals surface area contributed by atoms with Crippen molar-refractivity contribution in [2.24, 2.45) is 10.2 Å². The van der Waals surface area contributed by atoms with E-state index in [1.807, 2.05) is 68.7 Å². The van der Waals surface area contributed by atoms with Gasteiger partial charge in [0.25, 0.3) is 5.97 Å². The van der Waals surface area contributed by atoms with Gasteiger partial charge < -0.3 is 10.0 Å². The Morgan fingerprint density at radius 3 is 1.76 bits per heavy atom. The molecule has 0 fully saturated rings. The molecule has 0 heterocycles. The van der Waals surface area contributed by atoms with Crippen molar-refractivity contribution < 1.29 is 9.90 Å². The third kappa shape index (κ3) is 6.87. The number of rotatable bonds is 3. The van der Waals surface area contributed by atoms with Gasteiger partial charge >= 0.3 is 0 Å². The number of carboxylic acids is 1. The Balaban J connectivity index is 0.000000491. The number of carbonyl (C=O) groups is 1. The van der Waals surface area contributed by atoms with Gasteiger partial charge in [-0.2, -0.15) is 10.2 Å². The minimum atomic E-state index is -0.833. The molecular weight excluding hydrogens is 266 g/mol. The molecule has 110 valence electrons. The van der Waals surface area contributed by atoms with Gasteiger partial charge in [-0.3, -0.25) is 4.79 Å². The fourth-order valence-corrected chi connectivity index (χ4v) is 1.43. The Kier molecular flexibility index (Phi) is 6.60. The lowest BCUT2D eigenvalue weighted by atomic mass is 10.3. The van der Waals surface area contributed by atoms with Crippen LogP contribution in [0.3, 0.4) is 0 Å². The first-order valence-corrected chi connectivity index (χ1v) is 6.43. The lowest BCUT2D eigenvalue weighted by Crippen LogP contribution is -2.07. The Bertz CT molecular complexity index is 574. The normalized spacial score (nSPS) is 9.86. The van der Waals surface area contributed by atoms with Gasteiger partial charge in [-0.05, 0) is 36.4 Å². The van der Waals surface area contributed by atoms with Crippen LogP contribution in [0.25, 0.3) is 0 Å². The van der Waals surface area contributed by atoms with E-state index in [-0.39, 0.29) is 0 Å². The summed E-state index contributed by atoms with van der Waals surface area (Å²) in [7, 11) is 4.03. The lowest BCUT2D eigenvalue weighted by Gasteiger charge is -2.11. The average Bonchev–Trinajstić information content (AvgIpc) is 2.46. The van der Waals surface area contributed by atoms with E-state index < -0.39 is 5.97 Å². The summed E-state index contributed by atoms with van der Waals surface area (Å²) in [5, 5.41) is 15.8. The van der Waals surface area contributed by atoms with Gasteiger partial charge in [-0.25, -0.2) is 0 Å². The zero-order chi connectivity index (χ0) is 15.7. The van der Waals surface area contributed by atoms with Crippen molar-refractivity contribution >= 4 is 23.0 Å². The first-order chi connectivity index (χ1) is 9.99. The number of azo groups is 1. The standard InChI is InChI=1S/C14H15N3.C2H4O2/c1-17(2)14-10-8-13(9-11-14)16-15-12-6-4-3-5-7-12;1-2(3)4/h3-11H,1-2H3;1H3,(H,3,4). The summed E-state index contributed by atoms with van der Waals surface area (Å²) in [5.41, 5.74) is 2.88. The zero-order valence-corrected chi connectivity index (χ0v) is 12.4. The first-order valence-electron chi connectivity index (χ1n) is 6.43. The van der Waals surface area contributed by atoms with E-state index in [0.29, 0.717) is 0 Å². The molecule has 5 heteroatoms. The molecule has 0 saturated heterocycles. The molecule has 5 nitrogen and oxygen atoms in total. The summed E-state index contributed by atoms with van der Waals surface area (Å²) in [6.45, 7) is 1.08. The number of benzene rings is 2. The third-order valence-electron chi connectivity index (χ3n) is 2.40. The van der Waals surface area contributed by atoms with Gasteiger partial charge in [-0.1, -0.05) is 18.2 Å². The van der Waals surface area contributed by atoms with Gasteiger partial charge in [0.15, 0.2) is 0 Å². The molecule has 0 aliphatic heterocycles. The van der Waals surface area contributed by atoms with Gasteiger partial charge in [0, 0.05) is 26.7 Å². The number of hydrogen-bond donors (Lipinski definition) is 1. The fraction of sp³-hybridized carbons (Fsp3) is 0.188. The van der Waals surface area contributed by atoms with Crippen LogP contribution in [0.2, 0.25) is 0 Å². The molecule has 1 N–H and O–H groups in total.